The number of hydrogen-bond donors (Lipinski definition) is 2. The highest BCUT2D eigenvalue weighted by molar-refractivity contribution is 5.76. The van der Waals surface area contributed by atoms with Gasteiger partial charge in [-0.15, -0.1) is 0 Å². The highest BCUT2D eigenvalue weighted by Gasteiger charge is 2.23. The number of aromatic nitrogens is 4. The van der Waals surface area contributed by atoms with E-state index in [-0.39, 0.29) is 17.5 Å². The quantitative estimate of drug-likeness (QED) is 0.833. The van der Waals surface area contributed by atoms with Gasteiger partial charge in [-0.2, -0.15) is 5.10 Å². The number of aromatic amines is 1. The van der Waals surface area contributed by atoms with Gasteiger partial charge in [0.25, 0.3) is 5.56 Å². The van der Waals surface area contributed by atoms with E-state index >= 15 is 0 Å². The number of nitrogens with zero attached hydrogens (tertiary/aromatic N) is 4. The Morgan fingerprint density at radius 2 is 2.19 bits per heavy atom. The Labute approximate surface area is 152 Å². The molecule has 3 rings (SSSR count). The molecule has 0 aromatic carbocycles. The summed E-state index contributed by atoms with van der Waals surface area (Å²) in [5, 5.41) is 7.30. The number of piperidine rings is 1. The molecule has 3 heterocycles. The van der Waals surface area contributed by atoms with Gasteiger partial charge in [0.1, 0.15) is 0 Å². The number of amides is 1. The maximum absolute atomic E-state index is 12.3. The lowest BCUT2D eigenvalue weighted by molar-refractivity contribution is -0.122. The van der Waals surface area contributed by atoms with Crippen LogP contribution in [0.25, 0.3) is 0 Å². The van der Waals surface area contributed by atoms with Crippen LogP contribution in [0, 0.1) is 20.8 Å². The van der Waals surface area contributed by atoms with E-state index in [2.05, 4.69) is 20.4 Å². The number of nitrogens with one attached hydrogen (secondary N) is 2. The predicted octanol–water partition coefficient (Wildman–Crippen LogP) is 1.07. The van der Waals surface area contributed by atoms with Crippen LogP contribution in [0.15, 0.2) is 17.1 Å². The third-order valence-corrected chi connectivity index (χ3v) is 4.95. The molecule has 1 aliphatic rings. The van der Waals surface area contributed by atoms with Gasteiger partial charge in [0.15, 0.2) is 0 Å². The van der Waals surface area contributed by atoms with E-state index in [9.17, 15) is 9.59 Å². The Morgan fingerprint density at radius 1 is 1.38 bits per heavy atom. The molecule has 8 heteroatoms. The van der Waals surface area contributed by atoms with Crippen LogP contribution in [0.5, 0.6) is 0 Å². The number of rotatable bonds is 5. The first-order chi connectivity index (χ1) is 12.4. The van der Waals surface area contributed by atoms with Gasteiger partial charge in [0, 0.05) is 55.2 Å². The smallest absolute Gasteiger partial charge is 0.255 e. The number of anilines is 1. The molecular formula is C18H26N6O2. The van der Waals surface area contributed by atoms with Crippen LogP contribution in [0.2, 0.25) is 0 Å². The topological polar surface area (TPSA) is 95.9 Å². The van der Waals surface area contributed by atoms with E-state index in [1.165, 1.54) is 0 Å². The third kappa shape index (κ3) is 4.12. The van der Waals surface area contributed by atoms with E-state index in [1.807, 2.05) is 29.5 Å². The summed E-state index contributed by atoms with van der Waals surface area (Å²) in [5.41, 5.74) is 2.33. The molecule has 0 spiro atoms. The molecule has 0 radical (unpaired) electrons. The van der Waals surface area contributed by atoms with Crippen molar-refractivity contribution in [2.75, 3.05) is 18.0 Å². The van der Waals surface area contributed by atoms with Gasteiger partial charge < -0.3 is 10.2 Å². The summed E-state index contributed by atoms with van der Waals surface area (Å²) in [7, 11) is 0. The lowest BCUT2D eigenvalue weighted by atomic mass is 10.1. The van der Waals surface area contributed by atoms with Crippen LogP contribution in [0.3, 0.4) is 0 Å². The van der Waals surface area contributed by atoms with Crippen molar-refractivity contribution in [2.45, 2.75) is 52.6 Å². The van der Waals surface area contributed by atoms with E-state index < -0.39 is 0 Å². The molecule has 1 aliphatic heterocycles. The molecule has 26 heavy (non-hydrogen) atoms. The average molecular weight is 358 g/mol. The Bertz CT molecular complexity index is 840. The first-order valence-corrected chi connectivity index (χ1v) is 9.04. The molecule has 0 bridgehead atoms. The fourth-order valence-corrected chi connectivity index (χ4v) is 3.21. The largest absolute Gasteiger partial charge is 0.352 e. The van der Waals surface area contributed by atoms with E-state index in [0.717, 1.165) is 30.8 Å². The lowest BCUT2D eigenvalue weighted by Gasteiger charge is -2.33. The number of carbonyl (C=O) groups is 1. The van der Waals surface area contributed by atoms with Crippen LogP contribution in [0.1, 0.15) is 36.2 Å². The Kier molecular flexibility index (Phi) is 5.39. The molecule has 1 amide bonds. The first-order valence-electron chi connectivity index (χ1n) is 9.04. The fraction of sp³-hybridized carbons (Fsp3) is 0.556. The molecule has 2 aromatic heterocycles. The Hall–Kier alpha value is -2.64. The van der Waals surface area contributed by atoms with Crippen molar-refractivity contribution < 1.29 is 4.79 Å². The fourth-order valence-electron chi connectivity index (χ4n) is 3.21. The standard InChI is InChI=1S/C18H26N6O2/c1-12-6-8-19-24(12)10-7-16(25)21-15-5-4-9-23(11-15)18-20-14(3)13(2)17(26)22-18/h6,8,15H,4-5,7,9-11H2,1-3H3,(H,21,25)(H,20,22,26)/t15-/m1/s1. The number of hydrogen-bond acceptors (Lipinski definition) is 5. The average Bonchev–Trinajstić information content (AvgIpc) is 3.02. The van der Waals surface area contributed by atoms with Crippen molar-refractivity contribution in [1.29, 1.82) is 0 Å². The summed E-state index contributed by atoms with van der Waals surface area (Å²) in [6, 6.07) is 1.98. The van der Waals surface area contributed by atoms with Crippen molar-refractivity contribution in [3.63, 3.8) is 0 Å². The Balaban J connectivity index is 1.57. The van der Waals surface area contributed by atoms with Crippen molar-refractivity contribution in [1.82, 2.24) is 25.1 Å². The molecule has 0 unspecified atom stereocenters. The first kappa shape index (κ1) is 18.2. The number of carbonyl (C=O) groups excluding carboxylic acids is 1. The van der Waals surface area contributed by atoms with Crippen molar-refractivity contribution in [3.8, 4) is 0 Å². The minimum Gasteiger partial charge on any atom is -0.352 e. The normalized spacial score (nSPS) is 17.3. The second-order valence-electron chi connectivity index (χ2n) is 6.90. The zero-order valence-corrected chi connectivity index (χ0v) is 15.6. The minimum atomic E-state index is -0.103. The van der Waals surface area contributed by atoms with Crippen LogP contribution >= 0.6 is 0 Å². The molecule has 8 nitrogen and oxygen atoms in total. The molecular weight excluding hydrogens is 332 g/mol. The van der Waals surface area contributed by atoms with Crippen molar-refractivity contribution >= 4 is 11.9 Å². The maximum Gasteiger partial charge on any atom is 0.255 e. The van der Waals surface area contributed by atoms with Crippen molar-refractivity contribution in [2.24, 2.45) is 0 Å². The van der Waals surface area contributed by atoms with Gasteiger partial charge in [0.05, 0.1) is 0 Å². The third-order valence-electron chi connectivity index (χ3n) is 4.95. The van der Waals surface area contributed by atoms with Crippen LogP contribution in [-0.2, 0) is 11.3 Å². The highest BCUT2D eigenvalue weighted by atomic mass is 16.1. The summed E-state index contributed by atoms with van der Waals surface area (Å²) < 4.78 is 1.83. The monoisotopic (exact) mass is 358 g/mol. The van der Waals surface area contributed by atoms with Gasteiger partial charge >= 0.3 is 0 Å². The minimum absolute atomic E-state index is 0.0216. The van der Waals surface area contributed by atoms with E-state index in [1.54, 1.807) is 13.1 Å². The van der Waals surface area contributed by atoms with E-state index in [0.29, 0.717) is 31.0 Å². The summed E-state index contributed by atoms with van der Waals surface area (Å²) >= 11 is 0. The van der Waals surface area contributed by atoms with Crippen LogP contribution in [-0.4, -0.2) is 44.8 Å². The second-order valence-corrected chi connectivity index (χ2v) is 6.90. The molecule has 0 saturated carbocycles. The van der Waals surface area contributed by atoms with Gasteiger partial charge in [-0.3, -0.25) is 19.3 Å². The van der Waals surface area contributed by atoms with Gasteiger partial charge in [-0.25, -0.2) is 4.98 Å². The number of H-pyrrole nitrogens is 1. The number of aryl methyl sites for hydroxylation is 3. The zero-order valence-electron chi connectivity index (χ0n) is 15.6. The van der Waals surface area contributed by atoms with Crippen LogP contribution < -0.4 is 15.8 Å². The highest BCUT2D eigenvalue weighted by Crippen LogP contribution is 2.16. The summed E-state index contributed by atoms with van der Waals surface area (Å²) in [6.45, 7) is 7.64. The second kappa shape index (κ2) is 7.72. The maximum atomic E-state index is 12.3. The van der Waals surface area contributed by atoms with Gasteiger partial charge in [-0.1, -0.05) is 0 Å². The van der Waals surface area contributed by atoms with Crippen LogP contribution in [0.4, 0.5) is 5.95 Å². The predicted molar refractivity (Wildman–Crippen MR) is 99.3 cm³/mol. The SMILES string of the molecule is Cc1nc(N2CCC[C@@H](NC(=O)CCn3nccc3C)C2)[nH]c(=O)c1C. The molecule has 2 aromatic rings. The molecule has 2 N–H and O–H groups in total. The summed E-state index contributed by atoms with van der Waals surface area (Å²) in [6.07, 6.45) is 4.01. The summed E-state index contributed by atoms with van der Waals surface area (Å²) in [5.74, 6) is 0.609. The molecule has 1 fully saturated rings. The van der Waals surface area contributed by atoms with Crippen molar-refractivity contribution in [3.05, 3.63) is 39.6 Å². The molecule has 1 atom stereocenters. The van der Waals surface area contributed by atoms with E-state index in [4.69, 9.17) is 0 Å². The van der Waals surface area contributed by atoms with Gasteiger partial charge in [-0.05, 0) is 39.7 Å². The van der Waals surface area contributed by atoms with Gasteiger partial charge in [0.2, 0.25) is 11.9 Å². The zero-order chi connectivity index (χ0) is 18.7. The molecule has 0 aliphatic carbocycles. The molecule has 140 valence electrons. The molecule has 1 saturated heterocycles. The lowest BCUT2D eigenvalue weighted by Crippen LogP contribution is -2.48. The Morgan fingerprint density at radius 3 is 2.88 bits per heavy atom. The summed E-state index contributed by atoms with van der Waals surface area (Å²) in [4.78, 5) is 33.6.